The molecule has 0 aliphatic carbocycles. The van der Waals surface area contributed by atoms with Crippen molar-refractivity contribution >= 4 is 23.3 Å². The van der Waals surface area contributed by atoms with Gasteiger partial charge in [-0.05, 0) is 5.56 Å². The summed E-state index contributed by atoms with van der Waals surface area (Å²) in [6, 6.07) is 9.87. The van der Waals surface area contributed by atoms with Gasteiger partial charge < -0.3 is 5.43 Å². The van der Waals surface area contributed by atoms with Gasteiger partial charge in [0.05, 0.1) is 23.1 Å². The van der Waals surface area contributed by atoms with Gasteiger partial charge in [0.15, 0.2) is 0 Å². The lowest BCUT2D eigenvalue weighted by Gasteiger charge is -1.99. The summed E-state index contributed by atoms with van der Waals surface area (Å²) in [5, 5.41) is 3.88. The first-order valence-electron chi connectivity index (χ1n) is 5.09. The predicted octanol–water partition coefficient (Wildman–Crippen LogP) is 2.10. The molecule has 5 heteroatoms. The molecular formula is C12H11N3OS. The second-order valence-electron chi connectivity index (χ2n) is 3.31. The molecule has 0 unspecified atom stereocenters. The highest BCUT2D eigenvalue weighted by Crippen LogP contribution is 2.04. The van der Waals surface area contributed by atoms with Gasteiger partial charge in [0.25, 0.3) is 0 Å². The van der Waals surface area contributed by atoms with Crippen LogP contribution in [0.5, 0.6) is 0 Å². The Morgan fingerprint density at radius 2 is 2.24 bits per heavy atom. The smallest absolute Gasteiger partial charge is 0.217 e. The number of carbonyl (C=O) groups excluding carboxylic acids is 1. The SMILES string of the molecule is O=C(C=NNCc1ccccc1)c1cncs1. The molecule has 2 aromatic rings. The Hall–Kier alpha value is -2.01. The number of benzene rings is 1. The summed E-state index contributed by atoms with van der Waals surface area (Å²) in [6.45, 7) is 0.604. The number of nitrogens with one attached hydrogen (secondary N) is 1. The first kappa shape index (κ1) is 11.5. The third-order valence-electron chi connectivity index (χ3n) is 2.07. The molecule has 0 aliphatic heterocycles. The Morgan fingerprint density at radius 1 is 1.41 bits per heavy atom. The molecule has 4 nitrogen and oxygen atoms in total. The molecule has 1 aromatic heterocycles. The molecule has 86 valence electrons. The molecule has 0 spiro atoms. The van der Waals surface area contributed by atoms with Gasteiger partial charge in [0, 0.05) is 6.20 Å². The predicted molar refractivity (Wildman–Crippen MR) is 68.2 cm³/mol. The largest absolute Gasteiger partial charge is 0.306 e. The molecule has 0 amide bonds. The molecule has 2 rings (SSSR count). The van der Waals surface area contributed by atoms with Crippen molar-refractivity contribution < 1.29 is 4.79 Å². The summed E-state index contributed by atoms with van der Waals surface area (Å²) in [5.74, 6) is -0.131. The van der Waals surface area contributed by atoms with Gasteiger partial charge in [-0.3, -0.25) is 9.78 Å². The Kier molecular flexibility index (Phi) is 3.99. The standard InChI is InChI=1S/C12H11N3OS/c16-11(12-8-13-9-17-12)7-15-14-6-10-4-2-1-3-5-10/h1-5,7-9,14H,6H2. The van der Waals surface area contributed by atoms with Crippen molar-refractivity contribution in [3.63, 3.8) is 0 Å². The number of rotatable bonds is 5. The number of carbonyl (C=O) groups is 1. The molecule has 0 bridgehead atoms. The first-order valence-corrected chi connectivity index (χ1v) is 5.97. The van der Waals surface area contributed by atoms with Crippen molar-refractivity contribution in [2.24, 2.45) is 5.10 Å². The zero-order valence-electron chi connectivity index (χ0n) is 9.04. The van der Waals surface area contributed by atoms with Crippen LogP contribution in [0.3, 0.4) is 0 Å². The number of thiazole rings is 1. The maximum Gasteiger partial charge on any atom is 0.217 e. The Morgan fingerprint density at radius 3 is 2.94 bits per heavy atom. The molecule has 1 heterocycles. The molecule has 1 N–H and O–H groups in total. The van der Waals surface area contributed by atoms with Crippen LogP contribution in [0.25, 0.3) is 0 Å². The quantitative estimate of drug-likeness (QED) is 0.498. The Bertz CT molecular complexity index is 494. The molecule has 17 heavy (non-hydrogen) atoms. The van der Waals surface area contributed by atoms with Crippen LogP contribution < -0.4 is 5.43 Å². The van der Waals surface area contributed by atoms with Crippen LogP contribution in [0.4, 0.5) is 0 Å². The van der Waals surface area contributed by atoms with Crippen LogP contribution in [0, 0.1) is 0 Å². The normalized spacial score (nSPS) is 10.6. The number of hydrogen-bond acceptors (Lipinski definition) is 5. The highest BCUT2D eigenvalue weighted by Gasteiger charge is 2.02. The fourth-order valence-corrected chi connectivity index (χ4v) is 1.76. The van der Waals surface area contributed by atoms with Crippen LogP contribution >= 0.6 is 11.3 Å². The van der Waals surface area contributed by atoms with E-state index in [9.17, 15) is 4.79 Å². The third-order valence-corrected chi connectivity index (χ3v) is 2.86. The maximum atomic E-state index is 11.5. The van der Waals surface area contributed by atoms with Gasteiger partial charge in [-0.25, -0.2) is 0 Å². The lowest BCUT2D eigenvalue weighted by atomic mass is 10.2. The number of hydrazone groups is 1. The van der Waals surface area contributed by atoms with Gasteiger partial charge in [0.2, 0.25) is 5.78 Å². The van der Waals surface area contributed by atoms with Crippen molar-refractivity contribution in [2.45, 2.75) is 6.54 Å². The van der Waals surface area contributed by atoms with E-state index in [0.29, 0.717) is 11.4 Å². The zero-order valence-corrected chi connectivity index (χ0v) is 9.85. The van der Waals surface area contributed by atoms with Gasteiger partial charge in [-0.1, -0.05) is 30.3 Å². The van der Waals surface area contributed by atoms with E-state index < -0.39 is 0 Å². The van der Waals surface area contributed by atoms with E-state index in [-0.39, 0.29) is 5.78 Å². The molecule has 0 aliphatic rings. The molecule has 0 saturated heterocycles. The summed E-state index contributed by atoms with van der Waals surface area (Å²) in [7, 11) is 0. The Labute approximate surface area is 103 Å². The molecule has 0 atom stereocenters. The van der Waals surface area contributed by atoms with Crippen molar-refractivity contribution in [3.8, 4) is 0 Å². The third kappa shape index (κ3) is 3.49. The summed E-state index contributed by atoms with van der Waals surface area (Å²) in [5.41, 5.74) is 5.57. The molecule has 1 aromatic carbocycles. The minimum atomic E-state index is -0.131. The number of ketones is 1. The molecular weight excluding hydrogens is 234 g/mol. The van der Waals surface area contributed by atoms with Crippen molar-refractivity contribution in [2.75, 3.05) is 0 Å². The van der Waals surface area contributed by atoms with Crippen LogP contribution in [0.2, 0.25) is 0 Å². The van der Waals surface area contributed by atoms with Crippen LogP contribution in [-0.2, 0) is 6.54 Å². The van der Waals surface area contributed by atoms with Crippen molar-refractivity contribution in [3.05, 3.63) is 52.5 Å². The number of Topliss-reactive ketones (excluding diaryl/α,β-unsaturated/α-hetero) is 1. The second kappa shape index (κ2) is 5.91. The minimum Gasteiger partial charge on any atom is -0.306 e. The summed E-state index contributed by atoms with van der Waals surface area (Å²) in [6.07, 6.45) is 2.81. The number of hydrogen-bond donors (Lipinski definition) is 1. The van der Waals surface area contributed by atoms with Crippen LogP contribution in [-0.4, -0.2) is 17.0 Å². The van der Waals surface area contributed by atoms with Crippen molar-refractivity contribution in [1.82, 2.24) is 10.4 Å². The molecule has 0 fully saturated rings. The molecule has 0 radical (unpaired) electrons. The summed E-state index contributed by atoms with van der Waals surface area (Å²) < 4.78 is 0. The maximum absolute atomic E-state index is 11.5. The van der Waals surface area contributed by atoms with Crippen LogP contribution in [0.15, 0.2) is 47.1 Å². The van der Waals surface area contributed by atoms with Gasteiger partial charge >= 0.3 is 0 Å². The monoisotopic (exact) mass is 245 g/mol. The average molecular weight is 245 g/mol. The van der Waals surface area contributed by atoms with E-state index in [1.54, 1.807) is 5.51 Å². The van der Waals surface area contributed by atoms with Gasteiger partial charge in [0.1, 0.15) is 0 Å². The van der Waals surface area contributed by atoms with E-state index in [4.69, 9.17) is 0 Å². The Balaban J connectivity index is 1.81. The van der Waals surface area contributed by atoms with Gasteiger partial charge in [-0.2, -0.15) is 5.10 Å². The van der Waals surface area contributed by atoms with Gasteiger partial charge in [-0.15, -0.1) is 11.3 Å². The topological polar surface area (TPSA) is 54.4 Å². The zero-order chi connectivity index (χ0) is 11.9. The summed E-state index contributed by atoms with van der Waals surface area (Å²) in [4.78, 5) is 15.9. The lowest BCUT2D eigenvalue weighted by Crippen LogP contribution is -2.08. The average Bonchev–Trinajstić information content (AvgIpc) is 2.89. The van der Waals surface area contributed by atoms with Crippen molar-refractivity contribution in [1.29, 1.82) is 0 Å². The highest BCUT2D eigenvalue weighted by molar-refractivity contribution is 7.12. The fourth-order valence-electron chi connectivity index (χ4n) is 1.24. The fraction of sp³-hybridized carbons (Fsp3) is 0.0833. The van der Waals surface area contributed by atoms with E-state index >= 15 is 0 Å². The van der Waals surface area contributed by atoms with E-state index in [0.717, 1.165) is 5.56 Å². The second-order valence-corrected chi connectivity index (χ2v) is 4.19. The molecule has 0 saturated carbocycles. The summed E-state index contributed by atoms with van der Waals surface area (Å²) >= 11 is 1.31. The van der Waals surface area contributed by atoms with E-state index in [2.05, 4.69) is 15.5 Å². The van der Waals surface area contributed by atoms with Crippen LogP contribution in [0.1, 0.15) is 15.2 Å². The first-order chi connectivity index (χ1) is 8.36. The van der Waals surface area contributed by atoms with E-state index in [1.165, 1.54) is 23.7 Å². The lowest BCUT2D eigenvalue weighted by molar-refractivity contribution is 0.107. The van der Waals surface area contributed by atoms with E-state index in [1.807, 2.05) is 30.3 Å². The highest BCUT2D eigenvalue weighted by atomic mass is 32.1. The minimum absolute atomic E-state index is 0.131. The number of aromatic nitrogens is 1. The number of nitrogens with zero attached hydrogens (tertiary/aromatic N) is 2.